The number of unbranched alkanes of at least 4 members (excludes halogenated alkanes) is 6. The Morgan fingerprint density at radius 2 is 0.391 bits per heavy atom. The van der Waals surface area contributed by atoms with E-state index in [1.807, 2.05) is 0 Å². The van der Waals surface area contributed by atoms with Crippen molar-refractivity contribution < 1.29 is 17.1 Å². The first kappa shape index (κ1) is 71.8. The maximum atomic E-state index is 6.25. The summed E-state index contributed by atoms with van der Waals surface area (Å²) in [4.78, 5) is 0. The van der Waals surface area contributed by atoms with Crippen molar-refractivity contribution in [2.24, 2.45) is 0 Å². The summed E-state index contributed by atoms with van der Waals surface area (Å²) in [6.45, 7) is 49.6. The summed E-state index contributed by atoms with van der Waals surface area (Å²) in [7, 11) is 0. The van der Waals surface area contributed by atoms with Gasteiger partial charge in [-0.15, -0.1) is 0 Å². The summed E-state index contributed by atoms with van der Waals surface area (Å²) in [6.07, 6.45) is 17.6. The van der Waals surface area contributed by atoms with E-state index >= 15 is 0 Å². The average Bonchev–Trinajstić information content (AvgIpc) is 3.14. The molecule has 0 saturated carbocycles. The van der Waals surface area contributed by atoms with E-state index in [9.17, 15) is 0 Å². The molecule has 0 bridgehead atoms. The summed E-state index contributed by atoms with van der Waals surface area (Å²) >= 11 is -2.33. The molecule has 0 aromatic carbocycles. The second-order valence-corrected chi connectivity index (χ2v) is 37.4. The van der Waals surface area contributed by atoms with Crippen molar-refractivity contribution >= 4 is 59.3 Å². The zero-order valence-corrected chi connectivity index (χ0v) is 41.1. The van der Waals surface area contributed by atoms with Gasteiger partial charge in [-0.25, -0.2) is 0 Å². The average molecular weight is 998 g/mol. The molecule has 0 aromatic rings. The minimum atomic E-state index is -0.777. The third kappa shape index (κ3) is 90.4. The van der Waals surface area contributed by atoms with Crippen LogP contribution in [0.4, 0.5) is 0 Å². The summed E-state index contributed by atoms with van der Waals surface area (Å²) < 4.78 is 14.7. The van der Waals surface area contributed by atoms with Gasteiger partial charge in [-0.05, 0) is 0 Å². The van der Waals surface area contributed by atoms with Crippen LogP contribution < -0.4 is 0 Å². The van der Waals surface area contributed by atoms with Crippen LogP contribution in [0.15, 0.2) is 0 Å². The third-order valence-corrected chi connectivity index (χ3v) is 33.5. The van der Waals surface area contributed by atoms with Crippen LogP contribution >= 0.6 is 0 Å². The van der Waals surface area contributed by atoms with E-state index in [0.717, 1.165) is 0 Å². The molecule has 0 heterocycles. The normalized spacial score (nSPS) is 7.50. The van der Waals surface area contributed by atoms with Crippen LogP contribution in [-0.4, -0.2) is 59.3 Å². The molecule has 0 aliphatic carbocycles. The Bertz CT molecular complexity index is 437. The Balaban J connectivity index is -0.0000000447. The molecule has 0 fully saturated rings. The summed E-state index contributed by atoms with van der Waals surface area (Å²) in [5, 5.41) is 37.5. The Hall–Kier alpha value is -0.144. The predicted molar refractivity (Wildman–Crippen MR) is 197 cm³/mol. The van der Waals surface area contributed by atoms with Crippen LogP contribution in [0.1, 0.15) is 139 Å². The van der Waals surface area contributed by atoms with Crippen molar-refractivity contribution in [1.82, 2.24) is 0 Å². The molecule has 0 N–H and O–H groups in total. The SMILES string of the molecule is CCC[CH2][Sn+]([CH2]C)[CH2]CCC.CCC[CH2][Sn+]([CH2]C)[CH2]CCC.CCC[CH2][Sn+]([CH2]C)[CH2]CCC.[C-]#N.[C-]#N.[C-]#N.[C-]#N.[C-]#N.[C-]#N.[Fe+3]. The molecule has 0 unspecified atom stereocenters. The van der Waals surface area contributed by atoms with Crippen LogP contribution in [0.2, 0.25) is 39.9 Å². The van der Waals surface area contributed by atoms with Gasteiger partial charge in [0.05, 0.1) is 0 Å². The molecule has 0 spiro atoms. The summed E-state index contributed by atoms with van der Waals surface area (Å²) in [5.41, 5.74) is 0. The van der Waals surface area contributed by atoms with Gasteiger partial charge in [-0.2, -0.15) is 0 Å². The van der Waals surface area contributed by atoms with Gasteiger partial charge < -0.3 is 71.0 Å². The number of nitrogens with zero attached hydrogens (tertiary/aromatic N) is 6. The first-order valence-electron chi connectivity index (χ1n) is 16.9. The van der Waals surface area contributed by atoms with E-state index in [2.05, 4.69) is 62.3 Å². The van der Waals surface area contributed by atoms with Crippen LogP contribution in [0.25, 0.3) is 0 Å². The number of hydrogen-bond donors (Lipinski definition) is 0. The quantitative estimate of drug-likeness (QED) is 0.0827. The van der Waals surface area contributed by atoms with Crippen molar-refractivity contribution in [3.63, 3.8) is 0 Å². The van der Waals surface area contributed by atoms with E-state index in [0.29, 0.717) is 0 Å². The summed E-state index contributed by atoms with van der Waals surface area (Å²) in [5.74, 6) is 0. The van der Waals surface area contributed by atoms with Gasteiger partial charge in [0.2, 0.25) is 0 Å². The molecule has 0 atom stereocenters. The molecular weight excluding hydrogens is 928 g/mol. The standard InChI is InChI=1S/6C4H9.3C2H5.6CN.Fe.3Sn/c6*1-3-4-2;9*1-2;;;;/h6*1,3-4H2,2H3;3*1H2,2H3;;;;;;;;;;/q;;;;;;;;;6*-1;+3;3*+1. The van der Waals surface area contributed by atoms with Crippen LogP contribution in [0.5, 0.6) is 0 Å². The van der Waals surface area contributed by atoms with Crippen LogP contribution in [-0.2, 0) is 17.1 Å². The Labute approximate surface area is 323 Å². The predicted octanol–water partition coefficient (Wildman–Crippen LogP) is 12.9. The molecule has 6 nitrogen and oxygen atoms in total. The molecule has 0 aliphatic heterocycles. The van der Waals surface area contributed by atoms with E-state index in [1.165, 1.54) is 77.0 Å². The van der Waals surface area contributed by atoms with Crippen molar-refractivity contribution in [3.05, 3.63) is 39.4 Å². The first-order chi connectivity index (χ1) is 22.0. The Morgan fingerprint density at radius 3 is 0.457 bits per heavy atom. The van der Waals surface area contributed by atoms with Gasteiger partial charge in [0.1, 0.15) is 0 Å². The maximum Gasteiger partial charge on any atom is 3.00 e. The third-order valence-electron chi connectivity index (χ3n) is 6.80. The molecule has 0 amide bonds. The second kappa shape index (κ2) is 96.8. The van der Waals surface area contributed by atoms with Gasteiger partial charge >= 0.3 is 256 Å². The fraction of sp³-hybridized carbons (Fsp3) is 0.833. The van der Waals surface area contributed by atoms with Gasteiger partial charge in [-0.1, -0.05) is 0 Å². The number of hydrogen-bond acceptors (Lipinski definition) is 6. The molecule has 263 valence electrons. The van der Waals surface area contributed by atoms with Crippen molar-refractivity contribution in [3.8, 4) is 0 Å². The van der Waals surface area contributed by atoms with Gasteiger partial charge in [0, 0.05) is 0 Å². The zero-order chi connectivity index (χ0) is 37.6. The van der Waals surface area contributed by atoms with Crippen LogP contribution in [0.3, 0.4) is 0 Å². The number of rotatable bonds is 21. The molecular formula is C36H69FeN6Sn3. The monoisotopic (exact) mass is 1000 g/mol. The van der Waals surface area contributed by atoms with E-state index in [4.69, 9.17) is 71.0 Å². The van der Waals surface area contributed by atoms with E-state index < -0.39 is 59.3 Å². The molecule has 46 heavy (non-hydrogen) atoms. The van der Waals surface area contributed by atoms with Gasteiger partial charge in [0.25, 0.3) is 0 Å². The molecule has 1 radical (unpaired) electrons. The Kier molecular flexibility index (Phi) is 151. The molecule has 0 aromatic heterocycles. The summed E-state index contributed by atoms with van der Waals surface area (Å²) in [6, 6.07) is 0. The molecule has 0 aliphatic rings. The van der Waals surface area contributed by atoms with Crippen molar-refractivity contribution in [1.29, 1.82) is 31.6 Å². The van der Waals surface area contributed by atoms with Gasteiger partial charge in [0.15, 0.2) is 0 Å². The van der Waals surface area contributed by atoms with Crippen molar-refractivity contribution in [2.75, 3.05) is 0 Å². The van der Waals surface area contributed by atoms with Gasteiger partial charge in [-0.3, -0.25) is 0 Å². The fourth-order valence-corrected chi connectivity index (χ4v) is 26.8. The first-order valence-corrected chi connectivity index (χ1v) is 35.1. The zero-order valence-electron chi connectivity index (χ0n) is 31.4. The Morgan fingerprint density at radius 1 is 0.283 bits per heavy atom. The largest absolute Gasteiger partial charge is 3.00 e. The van der Waals surface area contributed by atoms with Crippen LogP contribution in [0, 0.1) is 71.0 Å². The maximum absolute atomic E-state index is 6.25. The molecule has 0 saturated heterocycles. The smallest absolute Gasteiger partial charge is 0.512 e. The molecule has 0 rings (SSSR count). The molecule has 10 heteroatoms. The minimum absolute atomic E-state index is 0. The van der Waals surface area contributed by atoms with E-state index in [-0.39, 0.29) is 17.1 Å². The topological polar surface area (TPSA) is 143 Å². The minimum Gasteiger partial charge on any atom is -0.512 e. The van der Waals surface area contributed by atoms with Crippen molar-refractivity contribution in [2.45, 2.75) is 179 Å². The fourth-order valence-electron chi connectivity index (χ4n) is 4.00. The van der Waals surface area contributed by atoms with E-state index in [1.54, 1.807) is 39.9 Å². The second-order valence-electron chi connectivity index (χ2n) is 9.93.